The molecular formula is C18H19F3N2O2. The van der Waals surface area contributed by atoms with E-state index < -0.39 is 17.6 Å². The Balaban J connectivity index is 1.93. The summed E-state index contributed by atoms with van der Waals surface area (Å²) in [5.41, 5.74) is 0.851. The van der Waals surface area contributed by atoms with E-state index >= 15 is 0 Å². The monoisotopic (exact) mass is 352 g/mol. The number of rotatable bonds is 3. The summed E-state index contributed by atoms with van der Waals surface area (Å²) < 4.78 is 44.1. The second-order valence-corrected chi connectivity index (χ2v) is 6.19. The van der Waals surface area contributed by atoms with Crippen LogP contribution in [0.2, 0.25) is 0 Å². The lowest BCUT2D eigenvalue weighted by Crippen LogP contribution is -2.31. The number of benzene rings is 1. The number of aryl methyl sites for hydroxylation is 2. The molecule has 25 heavy (non-hydrogen) atoms. The van der Waals surface area contributed by atoms with Gasteiger partial charge in [-0.2, -0.15) is 13.2 Å². The highest BCUT2D eigenvalue weighted by atomic mass is 19.4. The summed E-state index contributed by atoms with van der Waals surface area (Å²) >= 11 is 0. The fourth-order valence-corrected chi connectivity index (χ4v) is 3.41. The molecule has 4 nitrogen and oxygen atoms in total. The predicted molar refractivity (Wildman–Crippen MR) is 85.1 cm³/mol. The molecule has 7 heteroatoms. The van der Waals surface area contributed by atoms with Gasteiger partial charge in [0.1, 0.15) is 5.76 Å². The third-order valence-electron chi connectivity index (χ3n) is 4.59. The number of carbonyl (C=O) groups excluding carboxylic acids is 1. The molecule has 1 aromatic carbocycles. The van der Waals surface area contributed by atoms with E-state index in [9.17, 15) is 18.0 Å². The highest BCUT2D eigenvalue weighted by molar-refractivity contribution is 5.95. The largest absolute Gasteiger partial charge is 0.416 e. The molecule has 1 fully saturated rings. The van der Waals surface area contributed by atoms with Crippen LogP contribution >= 0.6 is 0 Å². The Morgan fingerprint density at radius 3 is 2.84 bits per heavy atom. The molecule has 1 saturated heterocycles. The molecule has 1 aliphatic rings. The van der Waals surface area contributed by atoms with Crippen LogP contribution in [0.1, 0.15) is 58.7 Å². The Labute approximate surface area is 143 Å². The third-order valence-corrected chi connectivity index (χ3v) is 4.59. The van der Waals surface area contributed by atoms with Gasteiger partial charge in [-0.25, -0.2) is 0 Å². The van der Waals surface area contributed by atoms with Crippen molar-refractivity contribution in [2.75, 3.05) is 6.54 Å². The number of amides is 1. The van der Waals surface area contributed by atoms with Gasteiger partial charge in [-0.3, -0.25) is 4.79 Å². The molecule has 3 rings (SSSR count). The standard InChI is InChI=1S/C18H19F3N2O2/c1-3-15-16(11(2)22-25-15)14-8-5-9-23(14)17(24)12-6-4-7-13(10-12)18(19,20)21/h4,6-7,10,14H,3,5,8-9H2,1-2H3. The number of carbonyl (C=O) groups is 1. The van der Waals surface area contributed by atoms with E-state index in [1.165, 1.54) is 12.1 Å². The highest BCUT2D eigenvalue weighted by Crippen LogP contribution is 2.37. The maximum Gasteiger partial charge on any atom is 0.416 e. The number of likely N-dealkylation sites (tertiary alicyclic amines) is 1. The molecule has 0 saturated carbocycles. The summed E-state index contributed by atoms with van der Waals surface area (Å²) in [5.74, 6) is 0.336. The van der Waals surface area contributed by atoms with Crippen molar-refractivity contribution in [3.05, 3.63) is 52.4 Å². The van der Waals surface area contributed by atoms with Gasteiger partial charge in [0.2, 0.25) is 0 Å². The summed E-state index contributed by atoms with van der Waals surface area (Å²) in [6.45, 7) is 4.27. The number of aromatic nitrogens is 1. The van der Waals surface area contributed by atoms with Gasteiger partial charge in [0.05, 0.1) is 17.3 Å². The fourth-order valence-electron chi connectivity index (χ4n) is 3.41. The van der Waals surface area contributed by atoms with Gasteiger partial charge < -0.3 is 9.42 Å². The Morgan fingerprint density at radius 2 is 2.16 bits per heavy atom. The molecule has 1 aromatic heterocycles. The van der Waals surface area contributed by atoms with Gasteiger partial charge in [-0.15, -0.1) is 0 Å². The van der Waals surface area contributed by atoms with Crippen LogP contribution in [-0.4, -0.2) is 22.5 Å². The maximum atomic E-state index is 12.9. The van der Waals surface area contributed by atoms with Gasteiger partial charge in [0, 0.05) is 24.1 Å². The van der Waals surface area contributed by atoms with E-state index in [-0.39, 0.29) is 11.6 Å². The first kappa shape index (κ1) is 17.5. The molecule has 0 radical (unpaired) electrons. The van der Waals surface area contributed by atoms with Crippen LogP contribution < -0.4 is 0 Å². The van der Waals surface area contributed by atoms with Crippen LogP contribution in [0, 0.1) is 6.92 Å². The van der Waals surface area contributed by atoms with Gasteiger partial charge in [-0.1, -0.05) is 18.1 Å². The minimum Gasteiger partial charge on any atom is -0.361 e. The van der Waals surface area contributed by atoms with E-state index in [1.807, 2.05) is 13.8 Å². The summed E-state index contributed by atoms with van der Waals surface area (Å²) in [7, 11) is 0. The maximum absolute atomic E-state index is 12.9. The second-order valence-electron chi connectivity index (χ2n) is 6.19. The molecule has 134 valence electrons. The van der Waals surface area contributed by atoms with Crippen molar-refractivity contribution in [2.45, 2.75) is 45.3 Å². The summed E-state index contributed by atoms with van der Waals surface area (Å²) in [5, 5.41) is 3.98. The average Bonchev–Trinajstić information content (AvgIpc) is 3.19. The lowest BCUT2D eigenvalue weighted by Gasteiger charge is -2.25. The van der Waals surface area contributed by atoms with E-state index in [1.54, 1.807) is 4.90 Å². The Morgan fingerprint density at radius 1 is 1.40 bits per heavy atom. The second kappa shape index (κ2) is 6.54. The molecule has 0 spiro atoms. The van der Waals surface area contributed by atoms with E-state index in [4.69, 9.17) is 4.52 Å². The van der Waals surface area contributed by atoms with Crippen LogP contribution in [-0.2, 0) is 12.6 Å². The van der Waals surface area contributed by atoms with Crippen LogP contribution in [0.3, 0.4) is 0 Å². The van der Waals surface area contributed by atoms with Crippen molar-refractivity contribution in [2.24, 2.45) is 0 Å². The van der Waals surface area contributed by atoms with Crippen molar-refractivity contribution < 1.29 is 22.5 Å². The van der Waals surface area contributed by atoms with Crippen LogP contribution in [0.4, 0.5) is 13.2 Å². The average molecular weight is 352 g/mol. The Bertz CT molecular complexity index is 783. The summed E-state index contributed by atoms with van der Waals surface area (Å²) in [4.78, 5) is 14.5. The first-order chi connectivity index (χ1) is 11.8. The number of hydrogen-bond donors (Lipinski definition) is 0. The quantitative estimate of drug-likeness (QED) is 0.815. The first-order valence-corrected chi connectivity index (χ1v) is 8.26. The smallest absolute Gasteiger partial charge is 0.361 e. The summed E-state index contributed by atoms with van der Waals surface area (Å²) in [6.07, 6.45) is -2.28. The first-order valence-electron chi connectivity index (χ1n) is 8.26. The topological polar surface area (TPSA) is 46.3 Å². The number of halogens is 3. The highest BCUT2D eigenvalue weighted by Gasteiger charge is 2.36. The van der Waals surface area contributed by atoms with Gasteiger partial charge in [0.25, 0.3) is 5.91 Å². The minimum absolute atomic E-state index is 0.0499. The molecule has 1 atom stereocenters. The minimum atomic E-state index is -4.47. The lowest BCUT2D eigenvalue weighted by molar-refractivity contribution is -0.137. The molecule has 0 aliphatic carbocycles. The third kappa shape index (κ3) is 3.27. The van der Waals surface area contributed by atoms with Gasteiger partial charge in [0.15, 0.2) is 0 Å². The zero-order chi connectivity index (χ0) is 18.2. The zero-order valence-corrected chi connectivity index (χ0v) is 14.1. The molecule has 1 aliphatic heterocycles. The van der Waals surface area contributed by atoms with Crippen LogP contribution in [0.5, 0.6) is 0 Å². The molecule has 2 aromatic rings. The van der Waals surface area contributed by atoms with Crippen molar-refractivity contribution in [3.8, 4) is 0 Å². The SMILES string of the molecule is CCc1onc(C)c1C1CCCN1C(=O)c1cccc(C(F)(F)F)c1. The Kier molecular flexibility index (Phi) is 4.58. The van der Waals surface area contributed by atoms with Crippen LogP contribution in [0.25, 0.3) is 0 Å². The lowest BCUT2D eigenvalue weighted by atomic mass is 10.0. The van der Waals surface area contributed by atoms with E-state index in [2.05, 4.69) is 5.16 Å². The van der Waals surface area contributed by atoms with Gasteiger partial charge in [-0.05, 0) is 38.0 Å². The van der Waals surface area contributed by atoms with Crippen molar-refractivity contribution in [1.82, 2.24) is 10.1 Å². The van der Waals surface area contributed by atoms with Crippen molar-refractivity contribution in [3.63, 3.8) is 0 Å². The predicted octanol–water partition coefficient (Wildman–Crippen LogP) is 4.54. The van der Waals surface area contributed by atoms with Gasteiger partial charge >= 0.3 is 6.18 Å². The van der Waals surface area contributed by atoms with E-state index in [0.717, 1.165) is 42.0 Å². The van der Waals surface area contributed by atoms with Crippen LogP contribution in [0.15, 0.2) is 28.8 Å². The molecule has 1 unspecified atom stereocenters. The fraction of sp³-hybridized carbons (Fsp3) is 0.444. The molecule has 1 amide bonds. The number of nitrogens with zero attached hydrogens (tertiary/aromatic N) is 2. The normalized spacial score (nSPS) is 18.0. The van der Waals surface area contributed by atoms with Crippen molar-refractivity contribution in [1.29, 1.82) is 0 Å². The molecule has 0 N–H and O–H groups in total. The number of alkyl halides is 3. The summed E-state index contributed by atoms with van der Waals surface area (Å²) in [6, 6.07) is 4.37. The molecule has 0 bridgehead atoms. The molecule has 2 heterocycles. The number of hydrogen-bond acceptors (Lipinski definition) is 3. The van der Waals surface area contributed by atoms with E-state index in [0.29, 0.717) is 13.0 Å². The molecular weight excluding hydrogens is 333 g/mol. The van der Waals surface area contributed by atoms with Crippen molar-refractivity contribution >= 4 is 5.91 Å². The Hall–Kier alpha value is -2.31. The zero-order valence-electron chi connectivity index (χ0n) is 14.1.